The maximum absolute atomic E-state index is 6.08. The summed E-state index contributed by atoms with van der Waals surface area (Å²) in [5.41, 5.74) is 1.19. The topological polar surface area (TPSA) is 24.5 Å². The molecule has 2 rings (SSSR count). The van der Waals surface area contributed by atoms with E-state index in [0.29, 0.717) is 17.0 Å². The van der Waals surface area contributed by atoms with Crippen LogP contribution in [0.25, 0.3) is 0 Å². The van der Waals surface area contributed by atoms with E-state index in [0.717, 1.165) is 25.4 Å². The molecule has 1 fully saturated rings. The van der Waals surface area contributed by atoms with Crippen LogP contribution in [-0.4, -0.2) is 32.8 Å². The largest absolute Gasteiger partial charge is 0.495 e. The van der Waals surface area contributed by atoms with Gasteiger partial charge in [-0.15, -0.1) is 0 Å². The van der Waals surface area contributed by atoms with Crippen LogP contribution < -0.4 is 15.0 Å². The zero-order chi connectivity index (χ0) is 13.8. The van der Waals surface area contributed by atoms with Gasteiger partial charge in [0.15, 0.2) is 0 Å². The quantitative estimate of drug-likeness (QED) is 0.918. The Morgan fingerprint density at radius 2 is 2.32 bits per heavy atom. The van der Waals surface area contributed by atoms with Gasteiger partial charge in [-0.25, -0.2) is 0 Å². The van der Waals surface area contributed by atoms with Crippen LogP contribution in [0.15, 0.2) is 18.2 Å². The Kier molecular flexibility index (Phi) is 4.94. The molecule has 0 aliphatic carbocycles. The molecule has 2 unspecified atom stereocenters. The minimum atomic E-state index is 0.556. The van der Waals surface area contributed by atoms with Gasteiger partial charge in [-0.1, -0.05) is 31.9 Å². The van der Waals surface area contributed by atoms with Crippen molar-refractivity contribution in [1.82, 2.24) is 5.32 Å². The lowest BCUT2D eigenvalue weighted by Crippen LogP contribution is -2.53. The smallest absolute Gasteiger partial charge is 0.139 e. The van der Waals surface area contributed by atoms with Gasteiger partial charge >= 0.3 is 0 Å². The van der Waals surface area contributed by atoms with E-state index in [-0.39, 0.29) is 0 Å². The number of nitrogens with one attached hydrogen (secondary N) is 1. The molecule has 1 N–H and O–H groups in total. The van der Waals surface area contributed by atoms with Crippen molar-refractivity contribution >= 4 is 17.3 Å². The van der Waals surface area contributed by atoms with Gasteiger partial charge in [-0.2, -0.15) is 0 Å². The molecule has 1 aromatic carbocycles. The fourth-order valence-corrected chi connectivity index (χ4v) is 2.72. The maximum Gasteiger partial charge on any atom is 0.139 e. The SMILES string of the molecule is CCC(C)C1CN(c2ccc(Cl)c(OC)c2)CCN1. The minimum absolute atomic E-state index is 0.556. The molecule has 3 nitrogen and oxygen atoms in total. The molecule has 2 atom stereocenters. The molecular weight excluding hydrogens is 260 g/mol. The molecule has 4 heteroatoms. The standard InChI is InChI=1S/C15H23ClN2O/c1-4-11(2)14-10-18(8-7-17-14)12-5-6-13(16)15(9-12)19-3/h5-6,9,11,14,17H,4,7-8,10H2,1-3H3. The summed E-state index contributed by atoms with van der Waals surface area (Å²) in [6.45, 7) is 7.65. The van der Waals surface area contributed by atoms with Crippen molar-refractivity contribution in [1.29, 1.82) is 0 Å². The molecule has 0 radical (unpaired) electrons. The van der Waals surface area contributed by atoms with Crippen molar-refractivity contribution in [3.8, 4) is 5.75 Å². The highest BCUT2D eigenvalue weighted by Crippen LogP contribution is 2.30. The summed E-state index contributed by atoms with van der Waals surface area (Å²) in [5, 5.41) is 4.28. The summed E-state index contributed by atoms with van der Waals surface area (Å²) in [6, 6.07) is 6.57. The van der Waals surface area contributed by atoms with Crippen molar-refractivity contribution < 1.29 is 4.74 Å². The number of hydrogen-bond acceptors (Lipinski definition) is 3. The highest BCUT2D eigenvalue weighted by Gasteiger charge is 2.23. The molecule has 0 bridgehead atoms. The Labute approximate surface area is 120 Å². The van der Waals surface area contributed by atoms with Gasteiger partial charge < -0.3 is 15.0 Å². The lowest BCUT2D eigenvalue weighted by molar-refractivity contribution is 0.341. The molecule has 0 saturated carbocycles. The fraction of sp³-hybridized carbons (Fsp3) is 0.600. The molecule has 0 aromatic heterocycles. The maximum atomic E-state index is 6.08. The fourth-order valence-electron chi connectivity index (χ4n) is 2.52. The molecule has 1 aromatic rings. The second-order valence-corrected chi connectivity index (χ2v) is 5.62. The summed E-state index contributed by atoms with van der Waals surface area (Å²) >= 11 is 6.08. The Balaban J connectivity index is 2.12. The summed E-state index contributed by atoms with van der Waals surface area (Å²) in [6.07, 6.45) is 1.20. The Morgan fingerprint density at radius 3 is 3.00 bits per heavy atom. The third-order valence-electron chi connectivity index (χ3n) is 4.04. The van der Waals surface area contributed by atoms with Gasteiger partial charge in [0, 0.05) is 37.4 Å². The van der Waals surface area contributed by atoms with Crippen molar-refractivity contribution in [3.63, 3.8) is 0 Å². The number of hydrogen-bond donors (Lipinski definition) is 1. The molecule has 1 aliphatic rings. The van der Waals surface area contributed by atoms with E-state index in [9.17, 15) is 0 Å². The number of rotatable bonds is 4. The first-order valence-corrected chi connectivity index (χ1v) is 7.35. The van der Waals surface area contributed by atoms with Gasteiger partial charge in [-0.05, 0) is 18.1 Å². The predicted octanol–water partition coefficient (Wildman–Crippen LogP) is 3.17. The molecule has 106 valence electrons. The van der Waals surface area contributed by atoms with Crippen LogP contribution in [0.1, 0.15) is 20.3 Å². The van der Waals surface area contributed by atoms with E-state index >= 15 is 0 Å². The Morgan fingerprint density at radius 1 is 1.53 bits per heavy atom. The molecule has 0 spiro atoms. The first-order chi connectivity index (χ1) is 9.15. The molecule has 1 heterocycles. The highest BCUT2D eigenvalue weighted by atomic mass is 35.5. The summed E-state index contributed by atoms with van der Waals surface area (Å²) in [4.78, 5) is 2.41. The van der Waals surface area contributed by atoms with Crippen LogP contribution in [0, 0.1) is 5.92 Å². The van der Waals surface area contributed by atoms with E-state index in [1.807, 2.05) is 12.1 Å². The van der Waals surface area contributed by atoms with Crippen LogP contribution in [0.3, 0.4) is 0 Å². The van der Waals surface area contributed by atoms with Crippen LogP contribution >= 0.6 is 11.6 Å². The second-order valence-electron chi connectivity index (χ2n) is 5.21. The van der Waals surface area contributed by atoms with Gasteiger partial charge in [0.2, 0.25) is 0 Å². The molecule has 0 amide bonds. The second kappa shape index (κ2) is 6.49. The number of anilines is 1. The first-order valence-electron chi connectivity index (χ1n) is 6.97. The van der Waals surface area contributed by atoms with Crippen LogP contribution in [0.2, 0.25) is 5.02 Å². The lowest BCUT2D eigenvalue weighted by atomic mass is 9.97. The van der Waals surface area contributed by atoms with Crippen molar-refractivity contribution in [3.05, 3.63) is 23.2 Å². The van der Waals surface area contributed by atoms with E-state index in [2.05, 4.69) is 30.1 Å². The van der Waals surface area contributed by atoms with E-state index < -0.39 is 0 Å². The third kappa shape index (κ3) is 3.34. The summed E-state index contributed by atoms with van der Waals surface area (Å²) < 4.78 is 5.30. The number of halogens is 1. The van der Waals surface area contributed by atoms with Crippen molar-refractivity contribution in [2.75, 3.05) is 31.6 Å². The first kappa shape index (κ1) is 14.5. The average Bonchev–Trinajstić information content (AvgIpc) is 2.47. The highest BCUT2D eigenvalue weighted by molar-refractivity contribution is 6.32. The van der Waals surface area contributed by atoms with Gasteiger partial charge in [0.1, 0.15) is 5.75 Å². The van der Waals surface area contributed by atoms with Crippen LogP contribution in [-0.2, 0) is 0 Å². The van der Waals surface area contributed by atoms with E-state index in [1.54, 1.807) is 7.11 Å². The number of piperazine rings is 1. The normalized spacial score (nSPS) is 21.3. The van der Waals surface area contributed by atoms with Crippen LogP contribution in [0.5, 0.6) is 5.75 Å². The molecule has 1 saturated heterocycles. The summed E-state index contributed by atoms with van der Waals surface area (Å²) in [5.74, 6) is 1.44. The Hall–Kier alpha value is -0.930. The van der Waals surface area contributed by atoms with Crippen molar-refractivity contribution in [2.45, 2.75) is 26.3 Å². The number of ether oxygens (including phenoxy) is 1. The molecule has 19 heavy (non-hydrogen) atoms. The monoisotopic (exact) mass is 282 g/mol. The number of methoxy groups -OCH3 is 1. The van der Waals surface area contributed by atoms with Crippen LogP contribution in [0.4, 0.5) is 5.69 Å². The number of benzene rings is 1. The Bertz CT molecular complexity index is 425. The third-order valence-corrected chi connectivity index (χ3v) is 4.35. The lowest BCUT2D eigenvalue weighted by Gasteiger charge is -2.38. The predicted molar refractivity (Wildman–Crippen MR) is 81.5 cm³/mol. The molecule has 1 aliphatic heterocycles. The van der Waals surface area contributed by atoms with Crippen molar-refractivity contribution in [2.24, 2.45) is 5.92 Å². The molecular formula is C15H23ClN2O. The average molecular weight is 283 g/mol. The minimum Gasteiger partial charge on any atom is -0.495 e. The van der Waals surface area contributed by atoms with E-state index in [1.165, 1.54) is 12.1 Å². The number of nitrogens with zero attached hydrogens (tertiary/aromatic N) is 1. The zero-order valence-electron chi connectivity index (χ0n) is 11.9. The van der Waals surface area contributed by atoms with Gasteiger partial charge in [0.05, 0.1) is 12.1 Å². The van der Waals surface area contributed by atoms with E-state index in [4.69, 9.17) is 16.3 Å². The summed E-state index contributed by atoms with van der Waals surface area (Å²) in [7, 11) is 1.66. The zero-order valence-corrected chi connectivity index (χ0v) is 12.7. The van der Waals surface area contributed by atoms with Gasteiger partial charge in [-0.3, -0.25) is 0 Å². The van der Waals surface area contributed by atoms with Gasteiger partial charge in [0.25, 0.3) is 0 Å².